The summed E-state index contributed by atoms with van der Waals surface area (Å²) in [6.45, 7) is 9.06. The maximum absolute atomic E-state index is 12.1. The molecule has 1 aliphatic rings. The number of hydrogen-bond donors (Lipinski definition) is 0. The van der Waals surface area contributed by atoms with Crippen molar-refractivity contribution in [1.29, 1.82) is 0 Å². The first kappa shape index (κ1) is 14.4. The predicted molar refractivity (Wildman–Crippen MR) is 79.3 cm³/mol. The van der Waals surface area contributed by atoms with Gasteiger partial charge in [0, 0.05) is 18.4 Å². The Hall–Kier alpha value is -1.03. The van der Waals surface area contributed by atoms with Crippen molar-refractivity contribution < 1.29 is 9.53 Å². The molecule has 1 aromatic carbocycles. The monoisotopic (exact) mass is 325 g/mol. The molecular formula is C15H20BrNO2. The highest BCUT2D eigenvalue weighted by atomic mass is 79.9. The van der Waals surface area contributed by atoms with Gasteiger partial charge in [-0.15, -0.1) is 0 Å². The van der Waals surface area contributed by atoms with E-state index in [9.17, 15) is 4.79 Å². The van der Waals surface area contributed by atoms with Crippen LogP contribution in [0.5, 0.6) is 0 Å². The number of amides is 1. The van der Waals surface area contributed by atoms with Gasteiger partial charge in [-0.25, -0.2) is 4.79 Å². The standard InChI is InChI=1S/C15H20BrNO2/c1-10-5-12-8-17(14(18)19-15(2,3)4)9-13(12)6-11(10)7-16/h5-6H,7-9H2,1-4H3. The summed E-state index contributed by atoms with van der Waals surface area (Å²) in [4.78, 5) is 13.8. The fourth-order valence-electron chi connectivity index (χ4n) is 2.22. The highest BCUT2D eigenvalue weighted by molar-refractivity contribution is 9.08. The second-order valence-electron chi connectivity index (χ2n) is 6.02. The van der Waals surface area contributed by atoms with Gasteiger partial charge in [0.15, 0.2) is 0 Å². The van der Waals surface area contributed by atoms with Crippen LogP contribution in [-0.2, 0) is 23.2 Å². The molecule has 4 heteroatoms. The van der Waals surface area contributed by atoms with Crippen molar-refractivity contribution >= 4 is 22.0 Å². The van der Waals surface area contributed by atoms with Crippen LogP contribution in [0.4, 0.5) is 4.79 Å². The molecule has 104 valence electrons. The molecule has 0 spiro atoms. The lowest BCUT2D eigenvalue weighted by Gasteiger charge is -2.24. The van der Waals surface area contributed by atoms with Gasteiger partial charge in [0.2, 0.25) is 0 Å². The zero-order valence-electron chi connectivity index (χ0n) is 11.9. The summed E-state index contributed by atoms with van der Waals surface area (Å²) < 4.78 is 5.42. The topological polar surface area (TPSA) is 29.5 Å². The number of fused-ring (bicyclic) bond motifs is 1. The Bertz CT molecular complexity index is 506. The van der Waals surface area contributed by atoms with Gasteiger partial charge in [0.25, 0.3) is 0 Å². The molecule has 0 aliphatic carbocycles. The van der Waals surface area contributed by atoms with Gasteiger partial charge < -0.3 is 4.74 Å². The number of carbonyl (C=O) groups excluding carboxylic acids is 1. The van der Waals surface area contributed by atoms with Crippen molar-refractivity contribution in [2.24, 2.45) is 0 Å². The number of aryl methyl sites for hydroxylation is 1. The van der Waals surface area contributed by atoms with Crippen LogP contribution in [-0.4, -0.2) is 16.6 Å². The van der Waals surface area contributed by atoms with Crippen molar-refractivity contribution in [3.05, 3.63) is 34.4 Å². The number of benzene rings is 1. The highest BCUT2D eigenvalue weighted by Gasteiger charge is 2.28. The van der Waals surface area contributed by atoms with Crippen molar-refractivity contribution in [3.8, 4) is 0 Å². The molecule has 19 heavy (non-hydrogen) atoms. The average Bonchev–Trinajstić information content (AvgIpc) is 2.68. The van der Waals surface area contributed by atoms with Crippen LogP contribution in [0.1, 0.15) is 43.0 Å². The summed E-state index contributed by atoms with van der Waals surface area (Å²) in [5, 5.41) is 0.846. The van der Waals surface area contributed by atoms with Crippen LogP contribution < -0.4 is 0 Å². The van der Waals surface area contributed by atoms with Gasteiger partial charge in [-0.05, 0) is 49.9 Å². The van der Waals surface area contributed by atoms with E-state index in [4.69, 9.17) is 4.74 Å². The molecule has 0 atom stereocenters. The summed E-state index contributed by atoms with van der Waals surface area (Å²) in [7, 11) is 0. The van der Waals surface area contributed by atoms with Gasteiger partial charge in [-0.3, -0.25) is 4.90 Å². The number of nitrogens with zero attached hydrogens (tertiary/aromatic N) is 1. The van der Waals surface area contributed by atoms with E-state index in [1.165, 1.54) is 22.3 Å². The molecule has 2 rings (SSSR count). The Morgan fingerprint density at radius 1 is 1.32 bits per heavy atom. The predicted octanol–water partition coefficient (Wildman–Crippen LogP) is 4.14. The zero-order chi connectivity index (χ0) is 14.2. The van der Waals surface area contributed by atoms with Gasteiger partial charge >= 0.3 is 6.09 Å². The lowest BCUT2D eigenvalue weighted by molar-refractivity contribution is 0.0242. The van der Waals surface area contributed by atoms with Gasteiger partial charge in [-0.1, -0.05) is 28.1 Å². The number of alkyl halides is 1. The third kappa shape index (κ3) is 3.30. The van der Waals surface area contributed by atoms with Gasteiger partial charge in [0.05, 0.1) is 0 Å². The minimum absolute atomic E-state index is 0.234. The molecule has 0 N–H and O–H groups in total. The molecule has 0 radical (unpaired) electrons. The molecule has 0 saturated heterocycles. The summed E-state index contributed by atoms with van der Waals surface area (Å²) in [6.07, 6.45) is -0.234. The number of rotatable bonds is 1. The molecule has 0 saturated carbocycles. The Morgan fingerprint density at radius 2 is 1.89 bits per heavy atom. The maximum Gasteiger partial charge on any atom is 0.410 e. The van der Waals surface area contributed by atoms with Crippen LogP contribution in [0.15, 0.2) is 12.1 Å². The molecule has 1 aromatic rings. The SMILES string of the molecule is Cc1cc2c(cc1CBr)CN(C(=O)OC(C)(C)C)C2. The number of carbonyl (C=O) groups is 1. The van der Waals surface area contributed by atoms with Crippen molar-refractivity contribution in [1.82, 2.24) is 4.90 Å². The lowest BCUT2D eigenvalue weighted by Crippen LogP contribution is -2.33. The van der Waals surface area contributed by atoms with E-state index in [0.29, 0.717) is 13.1 Å². The normalized spacial score (nSPS) is 14.5. The van der Waals surface area contributed by atoms with Crippen LogP contribution in [0.2, 0.25) is 0 Å². The second-order valence-corrected chi connectivity index (χ2v) is 6.58. The number of ether oxygens (including phenoxy) is 1. The Morgan fingerprint density at radius 3 is 2.42 bits per heavy atom. The molecular weight excluding hydrogens is 306 g/mol. The largest absolute Gasteiger partial charge is 0.444 e. The minimum atomic E-state index is -0.442. The summed E-state index contributed by atoms with van der Waals surface area (Å²) >= 11 is 3.50. The summed E-state index contributed by atoms with van der Waals surface area (Å²) in [5.74, 6) is 0. The lowest BCUT2D eigenvalue weighted by atomic mass is 10.0. The molecule has 1 amide bonds. The molecule has 0 unspecified atom stereocenters. The van der Waals surface area contributed by atoms with Crippen LogP contribution in [0.25, 0.3) is 0 Å². The first-order chi connectivity index (χ1) is 8.80. The van der Waals surface area contributed by atoms with E-state index >= 15 is 0 Å². The molecule has 3 nitrogen and oxygen atoms in total. The first-order valence-corrected chi connectivity index (χ1v) is 7.57. The van der Waals surface area contributed by atoms with Crippen molar-refractivity contribution in [2.75, 3.05) is 0 Å². The quantitative estimate of drug-likeness (QED) is 0.726. The highest BCUT2D eigenvalue weighted by Crippen LogP contribution is 2.28. The third-order valence-electron chi connectivity index (χ3n) is 3.18. The third-order valence-corrected chi connectivity index (χ3v) is 3.78. The Balaban J connectivity index is 2.14. The molecule has 0 fully saturated rings. The minimum Gasteiger partial charge on any atom is -0.444 e. The van der Waals surface area contributed by atoms with Gasteiger partial charge in [0.1, 0.15) is 5.60 Å². The number of hydrogen-bond acceptors (Lipinski definition) is 2. The maximum atomic E-state index is 12.1. The van der Waals surface area contributed by atoms with Crippen molar-refractivity contribution in [3.63, 3.8) is 0 Å². The van der Waals surface area contributed by atoms with E-state index in [1.54, 1.807) is 4.90 Å². The first-order valence-electron chi connectivity index (χ1n) is 6.45. The summed E-state index contributed by atoms with van der Waals surface area (Å²) in [6, 6.07) is 4.36. The average molecular weight is 326 g/mol. The van der Waals surface area contributed by atoms with E-state index < -0.39 is 5.60 Å². The smallest absolute Gasteiger partial charge is 0.410 e. The van der Waals surface area contributed by atoms with E-state index in [2.05, 4.69) is 35.0 Å². The fourth-order valence-corrected chi connectivity index (χ4v) is 2.83. The van der Waals surface area contributed by atoms with E-state index in [-0.39, 0.29) is 6.09 Å². The fraction of sp³-hybridized carbons (Fsp3) is 0.533. The molecule has 0 bridgehead atoms. The molecule has 0 aromatic heterocycles. The second kappa shape index (κ2) is 5.16. The van der Waals surface area contributed by atoms with Crippen molar-refractivity contribution in [2.45, 2.75) is 51.7 Å². The zero-order valence-corrected chi connectivity index (χ0v) is 13.5. The van der Waals surface area contributed by atoms with E-state index in [1.807, 2.05) is 20.8 Å². The summed E-state index contributed by atoms with van der Waals surface area (Å²) in [5.41, 5.74) is 4.56. The molecule has 1 aliphatic heterocycles. The Labute approximate surface area is 123 Å². The van der Waals surface area contributed by atoms with E-state index in [0.717, 1.165) is 5.33 Å². The Kier molecular flexibility index (Phi) is 3.90. The van der Waals surface area contributed by atoms with Crippen LogP contribution in [0.3, 0.4) is 0 Å². The van der Waals surface area contributed by atoms with Crippen LogP contribution >= 0.6 is 15.9 Å². The number of halogens is 1. The molecule has 1 heterocycles. The van der Waals surface area contributed by atoms with Crippen LogP contribution in [0, 0.1) is 6.92 Å². The van der Waals surface area contributed by atoms with Gasteiger partial charge in [-0.2, -0.15) is 0 Å².